The van der Waals surface area contributed by atoms with Crippen LogP contribution in [0.15, 0.2) is 36.4 Å². The zero-order valence-electron chi connectivity index (χ0n) is 12.9. The SMILES string of the molecule is COc1cccc(OC)c1C(=O)NC(=S)Nc1ccc(F)c(Cl)c1. The zero-order valence-corrected chi connectivity index (χ0v) is 14.4. The molecule has 0 saturated heterocycles. The summed E-state index contributed by atoms with van der Waals surface area (Å²) in [6, 6.07) is 8.97. The monoisotopic (exact) mass is 368 g/mol. The summed E-state index contributed by atoms with van der Waals surface area (Å²) in [5, 5.41) is 5.23. The van der Waals surface area contributed by atoms with Crippen LogP contribution in [0.1, 0.15) is 10.4 Å². The Hall–Kier alpha value is -2.38. The third kappa shape index (κ3) is 4.12. The number of carbonyl (C=O) groups excluding carboxylic acids is 1. The average Bonchev–Trinajstić information content (AvgIpc) is 2.57. The van der Waals surface area contributed by atoms with Crippen LogP contribution in [0.3, 0.4) is 0 Å². The Balaban J connectivity index is 2.14. The van der Waals surface area contributed by atoms with Gasteiger partial charge in [0, 0.05) is 5.69 Å². The number of ether oxygens (including phenoxy) is 2. The van der Waals surface area contributed by atoms with E-state index in [2.05, 4.69) is 10.6 Å². The number of hydrogen-bond donors (Lipinski definition) is 2. The van der Waals surface area contributed by atoms with Gasteiger partial charge in [-0.2, -0.15) is 0 Å². The van der Waals surface area contributed by atoms with Crippen molar-refractivity contribution in [2.45, 2.75) is 0 Å². The number of amides is 1. The van der Waals surface area contributed by atoms with Crippen molar-refractivity contribution in [3.8, 4) is 11.5 Å². The topological polar surface area (TPSA) is 59.6 Å². The minimum Gasteiger partial charge on any atom is -0.496 e. The Morgan fingerprint density at radius 1 is 1.17 bits per heavy atom. The predicted octanol–water partition coefficient (Wildman–Crippen LogP) is 3.62. The van der Waals surface area contributed by atoms with Crippen molar-refractivity contribution in [1.82, 2.24) is 5.32 Å². The lowest BCUT2D eigenvalue weighted by molar-refractivity contribution is 0.0971. The van der Waals surface area contributed by atoms with Crippen LogP contribution in [0.2, 0.25) is 5.02 Å². The van der Waals surface area contributed by atoms with Gasteiger partial charge in [-0.05, 0) is 42.5 Å². The molecule has 2 rings (SSSR count). The number of hydrogen-bond acceptors (Lipinski definition) is 4. The molecule has 0 aliphatic heterocycles. The molecule has 0 aromatic heterocycles. The fourth-order valence-electron chi connectivity index (χ4n) is 1.98. The first-order chi connectivity index (χ1) is 11.5. The van der Waals surface area contributed by atoms with E-state index in [1.165, 1.54) is 32.4 Å². The van der Waals surface area contributed by atoms with E-state index in [1.807, 2.05) is 0 Å². The molecule has 0 saturated carbocycles. The lowest BCUT2D eigenvalue weighted by atomic mass is 10.1. The van der Waals surface area contributed by atoms with Gasteiger partial charge in [-0.1, -0.05) is 17.7 Å². The van der Waals surface area contributed by atoms with Gasteiger partial charge in [-0.15, -0.1) is 0 Å². The smallest absolute Gasteiger partial charge is 0.264 e. The molecule has 0 bridgehead atoms. The Labute approximate surface area is 148 Å². The first-order valence-electron chi connectivity index (χ1n) is 6.74. The lowest BCUT2D eigenvalue weighted by Gasteiger charge is -2.14. The summed E-state index contributed by atoms with van der Waals surface area (Å²) in [5.41, 5.74) is 0.655. The molecule has 1 amide bonds. The highest BCUT2D eigenvalue weighted by molar-refractivity contribution is 7.80. The normalized spacial score (nSPS) is 10.0. The van der Waals surface area contributed by atoms with E-state index in [4.69, 9.17) is 33.3 Å². The summed E-state index contributed by atoms with van der Waals surface area (Å²) < 4.78 is 23.5. The Morgan fingerprint density at radius 2 is 1.79 bits per heavy atom. The molecule has 0 fully saturated rings. The minimum atomic E-state index is -0.545. The quantitative estimate of drug-likeness (QED) is 0.807. The molecule has 8 heteroatoms. The first kappa shape index (κ1) is 18.0. The van der Waals surface area contributed by atoms with Gasteiger partial charge in [0.05, 0.1) is 19.2 Å². The maximum atomic E-state index is 13.1. The van der Waals surface area contributed by atoms with Crippen LogP contribution >= 0.6 is 23.8 Å². The fraction of sp³-hybridized carbons (Fsp3) is 0.125. The Morgan fingerprint density at radius 3 is 2.33 bits per heavy atom. The number of benzene rings is 2. The van der Waals surface area contributed by atoms with Crippen molar-refractivity contribution in [2.24, 2.45) is 0 Å². The molecule has 0 aliphatic carbocycles. The maximum absolute atomic E-state index is 13.1. The molecule has 5 nitrogen and oxygen atoms in total. The Bertz CT molecular complexity index is 764. The van der Waals surface area contributed by atoms with Gasteiger partial charge in [-0.3, -0.25) is 10.1 Å². The summed E-state index contributed by atoms with van der Waals surface area (Å²) in [6.45, 7) is 0. The van der Waals surface area contributed by atoms with Gasteiger partial charge >= 0.3 is 0 Å². The van der Waals surface area contributed by atoms with Crippen molar-refractivity contribution < 1.29 is 18.7 Å². The van der Waals surface area contributed by atoms with E-state index in [-0.39, 0.29) is 15.7 Å². The standard InChI is InChI=1S/C16H14ClFN2O3S/c1-22-12-4-3-5-13(23-2)14(12)15(21)20-16(24)19-9-6-7-11(18)10(17)8-9/h3-8H,1-2H3,(H2,19,20,21,24). The number of anilines is 1. The summed E-state index contributed by atoms with van der Waals surface area (Å²) in [7, 11) is 2.89. The fourth-order valence-corrected chi connectivity index (χ4v) is 2.37. The molecular formula is C16H14ClFN2O3S. The molecule has 0 heterocycles. The van der Waals surface area contributed by atoms with Gasteiger partial charge in [-0.25, -0.2) is 4.39 Å². The van der Waals surface area contributed by atoms with Crippen LogP contribution in [0, 0.1) is 5.82 Å². The molecule has 126 valence electrons. The minimum absolute atomic E-state index is 0.0237. The molecule has 0 spiro atoms. The van der Waals surface area contributed by atoms with E-state index in [0.717, 1.165) is 0 Å². The molecule has 2 aromatic carbocycles. The number of nitrogens with one attached hydrogen (secondary N) is 2. The third-order valence-electron chi connectivity index (χ3n) is 3.06. The summed E-state index contributed by atoms with van der Waals surface area (Å²) in [4.78, 5) is 12.4. The van der Waals surface area contributed by atoms with E-state index in [1.54, 1.807) is 18.2 Å². The lowest BCUT2D eigenvalue weighted by Crippen LogP contribution is -2.34. The number of methoxy groups -OCH3 is 2. The maximum Gasteiger partial charge on any atom is 0.264 e. The van der Waals surface area contributed by atoms with E-state index >= 15 is 0 Å². The highest BCUT2D eigenvalue weighted by Gasteiger charge is 2.19. The average molecular weight is 369 g/mol. The van der Waals surface area contributed by atoms with Crippen molar-refractivity contribution >= 4 is 40.5 Å². The molecule has 0 atom stereocenters. The van der Waals surface area contributed by atoms with Gasteiger partial charge < -0.3 is 14.8 Å². The van der Waals surface area contributed by atoms with E-state index < -0.39 is 11.7 Å². The molecular weight excluding hydrogens is 355 g/mol. The first-order valence-corrected chi connectivity index (χ1v) is 7.53. The number of halogens is 2. The number of carbonyl (C=O) groups is 1. The predicted molar refractivity (Wildman–Crippen MR) is 94.6 cm³/mol. The van der Waals surface area contributed by atoms with E-state index in [0.29, 0.717) is 17.2 Å². The second-order valence-corrected chi connectivity index (χ2v) is 5.39. The number of thiocarbonyl (C=S) groups is 1. The third-order valence-corrected chi connectivity index (χ3v) is 3.55. The van der Waals surface area contributed by atoms with Crippen molar-refractivity contribution in [3.63, 3.8) is 0 Å². The Kier molecular flexibility index (Phi) is 5.94. The van der Waals surface area contributed by atoms with Gasteiger partial charge in [0.15, 0.2) is 5.11 Å². The van der Waals surface area contributed by atoms with Crippen LogP contribution in [0.4, 0.5) is 10.1 Å². The molecule has 2 aromatic rings. The van der Waals surface area contributed by atoms with Gasteiger partial charge in [0.25, 0.3) is 5.91 Å². The van der Waals surface area contributed by atoms with Crippen molar-refractivity contribution in [2.75, 3.05) is 19.5 Å². The van der Waals surface area contributed by atoms with Crippen LogP contribution in [-0.4, -0.2) is 25.2 Å². The highest BCUT2D eigenvalue weighted by atomic mass is 35.5. The van der Waals surface area contributed by atoms with Crippen molar-refractivity contribution in [3.05, 3.63) is 52.8 Å². The van der Waals surface area contributed by atoms with Gasteiger partial charge in [0.1, 0.15) is 22.9 Å². The summed E-state index contributed by atoms with van der Waals surface area (Å²) >= 11 is 10.8. The molecule has 0 unspecified atom stereocenters. The molecule has 24 heavy (non-hydrogen) atoms. The summed E-state index contributed by atoms with van der Waals surface area (Å²) in [6.07, 6.45) is 0. The van der Waals surface area contributed by atoms with E-state index in [9.17, 15) is 9.18 Å². The molecule has 0 radical (unpaired) electrons. The zero-order chi connectivity index (χ0) is 17.7. The summed E-state index contributed by atoms with van der Waals surface area (Å²) in [5.74, 6) is -0.357. The highest BCUT2D eigenvalue weighted by Crippen LogP contribution is 2.28. The number of rotatable bonds is 4. The largest absolute Gasteiger partial charge is 0.496 e. The van der Waals surface area contributed by atoms with Crippen LogP contribution in [0.25, 0.3) is 0 Å². The second-order valence-electron chi connectivity index (χ2n) is 4.57. The van der Waals surface area contributed by atoms with Crippen molar-refractivity contribution in [1.29, 1.82) is 0 Å². The van der Waals surface area contributed by atoms with Crippen LogP contribution in [0.5, 0.6) is 11.5 Å². The van der Waals surface area contributed by atoms with Gasteiger partial charge in [0.2, 0.25) is 0 Å². The van der Waals surface area contributed by atoms with Crippen LogP contribution < -0.4 is 20.1 Å². The van der Waals surface area contributed by atoms with Crippen LogP contribution in [-0.2, 0) is 0 Å². The molecule has 0 aliphatic rings. The second kappa shape index (κ2) is 7.94. The molecule has 2 N–H and O–H groups in total.